The van der Waals surface area contributed by atoms with Crippen molar-refractivity contribution in [2.45, 2.75) is 19.6 Å². The normalized spacial score (nSPS) is 11.2. The van der Waals surface area contributed by atoms with Gasteiger partial charge >= 0.3 is 11.7 Å². The predicted octanol–water partition coefficient (Wildman–Crippen LogP) is 2.87. The fourth-order valence-electron chi connectivity index (χ4n) is 2.62. The number of nitrogens with zero attached hydrogens (tertiary/aromatic N) is 2. The van der Waals surface area contributed by atoms with Crippen LogP contribution in [-0.4, -0.2) is 15.5 Å². The number of esters is 1. The van der Waals surface area contributed by atoms with Gasteiger partial charge in [-0.2, -0.15) is 0 Å². The van der Waals surface area contributed by atoms with E-state index in [1.54, 1.807) is 30.3 Å². The number of fused-ring (bicyclic) bond motifs is 2. The fourth-order valence-corrected chi connectivity index (χ4v) is 2.62. The van der Waals surface area contributed by atoms with Crippen molar-refractivity contribution in [3.63, 3.8) is 0 Å². The van der Waals surface area contributed by atoms with Gasteiger partial charge in [-0.15, -0.1) is 0 Å². The Labute approximate surface area is 141 Å². The van der Waals surface area contributed by atoms with Crippen LogP contribution in [0, 0.1) is 0 Å². The molecule has 7 nitrogen and oxygen atoms in total. The largest absolute Gasteiger partial charge is 0.456 e. The van der Waals surface area contributed by atoms with Crippen LogP contribution in [0.25, 0.3) is 22.2 Å². The summed E-state index contributed by atoms with van der Waals surface area (Å²) in [6.07, 6.45) is 0.0453. The molecule has 0 amide bonds. The fraction of sp³-hybridized carbons (Fsp3) is 0.167. The molecule has 4 aromatic rings. The van der Waals surface area contributed by atoms with Gasteiger partial charge in [0.25, 0.3) is 0 Å². The third-order valence-electron chi connectivity index (χ3n) is 3.81. The molecule has 0 saturated carbocycles. The Kier molecular flexibility index (Phi) is 3.81. The standard InChI is InChI=1S/C18H14N2O5/c21-17(23-11-16-19-12-5-1-3-7-14(12)24-16)9-10-20-13-6-2-4-8-15(13)25-18(20)22/h1-8H,9-11H2. The van der Waals surface area contributed by atoms with Crippen LogP contribution in [0.15, 0.2) is 62.2 Å². The Morgan fingerprint density at radius 2 is 1.80 bits per heavy atom. The Morgan fingerprint density at radius 1 is 1.04 bits per heavy atom. The number of hydrogen-bond donors (Lipinski definition) is 0. The number of rotatable bonds is 5. The maximum Gasteiger partial charge on any atom is 0.419 e. The molecular formula is C18H14N2O5. The van der Waals surface area contributed by atoms with Gasteiger partial charge in [0.15, 0.2) is 17.8 Å². The molecule has 2 aromatic heterocycles. The summed E-state index contributed by atoms with van der Waals surface area (Å²) in [6.45, 7) is 0.136. The Morgan fingerprint density at radius 3 is 2.64 bits per heavy atom. The summed E-state index contributed by atoms with van der Waals surface area (Å²) in [5, 5.41) is 0. The van der Waals surface area contributed by atoms with Gasteiger partial charge in [-0.05, 0) is 24.3 Å². The van der Waals surface area contributed by atoms with Crippen LogP contribution in [0.1, 0.15) is 12.3 Å². The average molecular weight is 338 g/mol. The molecular weight excluding hydrogens is 324 g/mol. The highest BCUT2D eigenvalue weighted by atomic mass is 16.5. The Hall–Kier alpha value is -3.35. The van der Waals surface area contributed by atoms with Gasteiger partial charge in [-0.25, -0.2) is 9.78 Å². The maximum atomic E-state index is 11.9. The van der Waals surface area contributed by atoms with Gasteiger partial charge in [-0.1, -0.05) is 24.3 Å². The molecule has 0 spiro atoms. The molecule has 0 unspecified atom stereocenters. The minimum atomic E-state index is -0.493. The molecule has 126 valence electrons. The maximum absolute atomic E-state index is 11.9. The van der Waals surface area contributed by atoms with Gasteiger partial charge in [0.1, 0.15) is 5.52 Å². The molecule has 0 N–H and O–H groups in total. The van der Waals surface area contributed by atoms with Crippen LogP contribution >= 0.6 is 0 Å². The molecule has 0 aliphatic heterocycles. The van der Waals surface area contributed by atoms with Gasteiger partial charge in [0.2, 0.25) is 5.89 Å². The molecule has 2 heterocycles. The van der Waals surface area contributed by atoms with Gasteiger partial charge in [-0.3, -0.25) is 9.36 Å². The number of aryl methyl sites for hydroxylation is 1. The van der Waals surface area contributed by atoms with Crippen molar-refractivity contribution in [3.8, 4) is 0 Å². The number of ether oxygens (including phenoxy) is 1. The molecule has 0 aliphatic rings. The third-order valence-corrected chi connectivity index (χ3v) is 3.81. The van der Waals surface area contributed by atoms with Crippen LogP contribution in [0.3, 0.4) is 0 Å². The molecule has 25 heavy (non-hydrogen) atoms. The lowest BCUT2D eigenvalue weighted by atomic mass is 10.3. The van der Waals surface area contributed by atoms with Crippen molar-refractivity contribution >= 4 is 28.2 Å². The first-order valence-corrected chi connectivity index (χ1v) is 7.79. The molecule has 0 aliphatic carbocycles. The van der Waals surface area contributed by atoms with E-state index in [9.17, 15) is 9.59 Å². The number of para-hydroxylation sites is 4. The van der Waals surface area contributed by atoms with Crippen molar-refractivity contribution in [1.82, 2.24) is 9.55 Å². The summed E-state index contributed by atoms with van der Waals surface area (Å²) in [7, 11) is 0. The minimum absolute atomic E-state index is 0.0453. The molecule has 0 bridgehead atoms. The van der Waals surface area contributed by atoms with Gasteiger partial charge < -0.3 is 13.6 Å². The van der Waals surface area contributed by atoms with Crippen molar-refractivity contribution < 1.29 is 18.4 Å². The Balaban J connectivity index is 1.39. The van der Waals surface area contributed by atoms with Crippen LogP contribution in [0.5, 0.6) is 0 Å². The van der Waals surface area contributed by atoms with Crippen molar-refractivity contribution in [2.24, 2.45) is 0 Å². The van der Waals surface area contributed by atoms with E-state index in [1.807, 2.05) is 18.2 Å². The highest BCUT2D eigenvalue weighted by Crippen LogP contribution is 2.16. The average Bonchev–Trinajstić information content (AvgIpc) is 3.18. The smallest absolute Gasteiger partial charge is 0.419 e. The first-order valence-electron chi connectivity index (χ1n) is 7.79. The number of carbonyl (C=O) groups is 1. The molecule has 0 atom stereocenters. The van der Waals surface area contributed by atoms with Crippen molar-refractivity contribution in [2.75, 3.05) is 0 Å². The van der Waals surface area contributed by atoms with E-state index < -0.39 is 11.7 Å². The van der Waals surface area contributed by atoms with Crippen molar-refractivity contribution in [3.05, 3.63) is 65.0 Å². The summed E-state index contributed by atoms with van der Waals surface area (Å²) in [6, 6.07) is 14.4. The number of aromatic nitrogens is 2. The summed E-state index contributed by atoms with van der Waals surface area (Å²) in [4.78, 5) is 28.0. The zero-order valence-electron chi connectivity index (χ0n) is 13.2. The second kappa shape index (κ2) is 6.27. The molecule has 0 saturated heterocycles. The zero-order valence-corrected chi connectivity index (χ0v) is 13.2. The first-order chi connectivity index (χ1) is 12.2. The lowest BCUT2D eigenvalue weighted by Gasteiger charge is -2.03. The zero-order chi connectivity index (χ0) is 17.2. The predicted molar refractivity (Wildman–Crippen MR) is 88.9 cm³/mol. The van der Waals surface area contributed by atoms with E-state index in [0.29, 0.717) is 28.1 Å². The summed E-state index contributed by atoms with van der Waals surface area (Å²) in [5.74, 6) is -0.604. The number of carbonyl (C=O) groups excluding carboxylic acids is 1. The van der Waals surface area contributed by atoms with E-state index >= 15 is 0 Å². The first kappa shape index (κ1) is 15.2. The van der Waals surface area contributed by atoms with Gasteiger partial charge in [0, 0.05) is 6.54 Å². The highest BCUT2D eigenvalue weighted by Gasteiger charge is 2.12. The topological polar surface area (TPSA) is 87.5 Å². The summed E-state index contributed by atoms with van der Waals surface area (Å²) < 4.78 is 17.2. The molecule has 4 rings (SSSR count). The van der Waals surface area contributed by atoms with Crippen LogP contribution in [-0.2, 0) is 22.7 Å². The van der Waals surface area contributed by atoms with Crippen LogP contribution < -0.4 is 5.76 Å². The molecule has 2 aromatic carbocycles. The number of benzene rings is 2. The molecule has 0 radical (unpaired) electrons. The molecule has 0 fully saturated rings. The monoisotopic (exact) mass is 338 g/mol. The summed E-state index contributed by atoms with van der Waals surface area (Å²) >= 11 is 0. The van der Waals surface area contributed by atoms with Crippen molar-refractivity contribution in [1.29, 1.82) is 0 Å². The van der Waals surface area contributed by atoms with E-state index in [4.69, 9.17) is 13.6 Å². The number of hydrogen-bond acceptors (Lipinski definition) is 6. The van der Waals surface area contributed by atoms with Gasteiger partial charge in [0.05, 0.1) is 11.9 Å². The summed E-state index contributed by atoms with van der Waals surface area (Å²) in [5.41, 5.74) is 2.50. The van der Waals surface area contributed by atoms with E-state index in [2.05, 4.69) is 4.98 Å². The third kappa shape index (κ3) is 3.03. The van der Waals surface area contributed by atoms with E-state index in [0.717, 1.165) is 0 Å². The van der Waals surface area contributed by atoms with Crippen LogP contribution in [0.4, 0.5) is 0 Å². The second-order valence-corrected chi connectivity index (χ2v) is 5.47. The Bertz CT molecular complexity index is 1070. The second-order valence-electron chi connectivity index (χ2n) is 5.47. The lowest BCUT2D eigenvalue weighted by molar-refractivity contribution is -0.145. The SMILES string of the molecule is O=C(CCn1c(=O)oc2ccccc21)OCc1nc2ccccc2o1. The van der Waals surface area contributed by atoms with Crippen LogP contribution in [0.2, 0.25) is 0 Å². The lowest BCUT2D eigenvalue weighted by Crippen LogP contribution is -2.17. The highest BCUT2D eigenvalue weighted by molar-refractivity contribution is 5.74. The van der Waals surface area contributed by atoms with E-state index in [-0.39, 0.29) is 19.6 Å². The molecule has 7 heteroatoms. The number of oxazole rings is 2. The van der Waals surface area contributed by atoms with E-state index in [1.165, 1.54) is 4.57 Å². The quantitative estimate of drug-likeness (QED) is 0.520. The minimum Gasteiger partial charge on any atom is -0.456 e.